The number of para-hydroxylation sites is 1. The number of benzene rings is 2. The van der Waals surface area contributed by atoms with Crippen molar-refractivity contribution >= 4 is 29.9 Å². The largest absolute Gasteiger partial charge is 0.493 e. The van der Waals surface area contributed by atoms with Gasteiger partial charge in [0.1, 0.15) is 18.1 Å². The Morgan fingerprint density at radius 3 is 2.96 bits per heavy atom. The summed E-state index contributed by atoms with van der Waals surface area (Å²) in [6.07, 6.45) is 0.868. The molecule has 0 aliphatic carbocycles. The Morgan fingerprint density at radius 2 is 2.12 bits per heavy atom. The molecule has 1 aliphatic heterocycles. The molecule has 5 nitrogen and oxygen atoms in total. The molecule has 1 atom stereocenters. The van der Waals surface area contributed by atoms with Crippen molar-refractivity contribution in [1.29, 1.82) is 0 Å². The minimum atomic E-state index is 0. The second kappa shape index (κ2) is 9.50. The Morgan fingerprint density at radius 1 is 1.28 bits per heavy atom. The SMILES string of the molecule is Cc1cccc(OCCN=C(N)NC2CCOc3ccccc32)c1.I. The zero-order chi connectivity index (χ0) is 16.8. The second-order valence-corrected chi connectivity index (χ2v) is 5.80. The number of aliphatic imine (C=N–C) groups is 1. The van der Waals surface area contributed by atoms with Gasteiger partial charge in [-0.05, 0) is 30.7 Å². The molecule has 0 fully saturated rings. The second-order valence-electron chi connectivity index (χ2n) is 5.80. The smallest absolute Gasteiger partial charge is 0.189 e. The Bertz CT molecular complexity index is 721. The summed E-state index contributed by atoms with van der Waals surface area (Å²) >= 11 is 0. The summed E-state index contributed by atoms with van der Waals surface area (Å²) in [6.45, 7) is 3.73. The van der Waals surface area contributed by atoms with Crippen molar-refractivity contribution in [3.63, 3.8) is 0 Å². The van der Waals surface area contributed by atoms with Gasteiger partial charge in [0, 0.05) is 12.0 Å². The molecule has 2 aromatic rings. The molecule has 0 radical (unpaired) electrons. The molecular formula is C19H24IN3O2. The van der Waals surface area contributed by atoms with Crippen LogP contribution in [-0.4, -0.2) is 25.7 Å². The van der Waals surface area contributed by atoms with Crippen LogP contribution in [0.5, 0.6) is 11.5 Å². The fourth-order valence-electron chi connectivity index (χ4n) is 2.75. The van der Waals surface area contributed by atoms with Gasteiger partial charge in [-0.1, -0.05) is 30.3 Å². The third-order valence-corrected chi connectivity index (χ3v) is 3.91. The third-order valence-electron chi connectivity index (χ3n) is 3.91. The summed E-state index contributed by atoms with van der Waals surface area (Å²) < 4.78 is 11.3. The van der Waals surface area contributed by atoms with E-state index in [1.54, 1.807) is 0 Å². The Balaban J connectivity index is 0.00000225. The van der Waals surface area contributed by atoms with Crippen molar-refractivity contribution in [3.8, 4) is 11.5 Å². The van der Waals surface area contributed by atoms with Crippen molar-refractivity contribution in [1.82, 2.24) is 5.32 Å². The number of ether oxygens (including phenoxy) is 2. The lowest BCUT2D eigenvalue weighted by Gasteiger charge is -2.26. The Hall–Kier alpha value is -1.96. The van der Waals surface area contributed by atoms with E-state index in [1.807, 2.05) is 49.4 Å². The van der Waals surface area contributed by atoms with E-state index in [0.717, 1.165) is 23.5 Å². The van der Waals surface area contributed by atoms with Gasteiger partial charge in [-0.2, -0.15) is 0 Å². The molecule has 25 heavy (non-hydrogen) atoms. The van der Waals surface area contributed by atoms with Crippen molar-refractivity contribution in [2.24, 2.45) is 10.7 Å². The van der Waals surface area contributed by atoms with Crippen LogP contribution in [0, 0.1) is 6.92 Å². The predicted molar refractivity (Wildman–Crippen MR) is 111 cm³/mol. The summed E-state index contributed by atoms with van der Waals surface area (Å²) in [6, 6.07) is 16.1. The number of rotatable bonds is 5. The van der Waals surface area contributed by atoms with Crippen LogP contribution in [0.3, 0.4) is 0 Å². The highest BCUT2D eigenvalue weighted by Gasteiger charge is 2.21. The van der Waals surface area contributed by atoms with Crippen LogP contribution in [-0.2, 0) is 0 Å². The van der Waals surface area contributed by atoms with Crippen molar-refractivity contribution < 1.29 is 9.47 Å². The molecule has 1 unspecified atom stereocenters. The summed E-state index contributed by atoms with van der Waals surface area (Å²) in [5.74, 6) is 2.21. The van der Waals surface area contributed by atoms with Crippen LogP contribution >= 0.6 is 24.0 Å². The van der Waals surface area contributed by atoms with Crippen molar-refractivity contribution in [3.05, 3.63) is 59.7 Å². The lowest BCUT2D eigenvalue weighted by atomic mass is 10.0. The normalized spacial score (nSPS) is 16.2. The minimum Gasteiger partial charge on any atom is -0.493 e. The van der Waals surface area contributed by atoms with E-state index in [1.165, 1.54) is 5.56 Å². The molecule has 6 heteroatoms. The number of nitrogens with two attached hydrogens (primary N) is 1. The fraction of sp³-hybridized carbons (Fsp3) is 0.316. The first-order chi connectivity index (χ1) is 11.7. The first kappa shape index (κ1) is 19.4. The molecule has 0 saturated heterocycles. The maximum atomic E-state index is 6.01. The quantitative estimate of drug-likeness (QED) is 0.315. The first-order valence-electron chi connectivity index (χ1n) is 8.20. The summed E-state index contributed by atoms with van der Waals surface area (Å²) in [4.78, 5) is 4.35. The first-order valence-corrected chi connectivity index (χ1v) is 8.20. The molecule has 1 heterocycles. The number of nitrogens with one attached hydrogen (secondary N) is 1. The predicted octanol–water partition coefficient (Wildman–Crippen LogP) is 3.42. The number of aryl methyl sites for hydroxylation is 1. The lowest BCUT2D eigenvalue weighted by Crippen LogP contribution is -2.37. The van der Waals surface area contributed by atoms with Crippen LogP contribution in [0.15, 0.2) is 53.5 Å². The van der Waals surface area contributed by atoms with Gasteiger partial charge in [-0.3, -0.25) is 0 Å². The Kier molecular flexibility index (Phi) is 7.36. The maximum absolute atomic E-state index is 6.01. The fourth-order valence-corrected chi connectivity index (χ4v) is 2.75. The van der Waals surface area contributed by atoms with E-state index in [9.17, 15) is 0 Å². The van der Waals surface area contributed by atoms with E-state index in [0.29, 0.717) is 25.7 Å². The summed E-state index contributed by atoms with van der Waals surface area (Å²) in [5, 5.41) is 3.28. The van der Waals surface area contributed by atoms with Gasteiger partial charge in [0.15, 0.2) is 5.96 Å². The van der Waals surface area contributed by atoms with E-state index < -0.39 is 0 Å². The maximum Gasteiger partial charge on any atom is 0.189 e. The van der Waals surface area contributed by atoms with E-state index in [2.05, 4.69) is 16.4 Å². The topological polar surface area (TPSA) is 68.9 Å². The molecule has 134 valence electrons. The Labute approximate surface area is 165 Å². The van der Waals surface area contributed by atoms with E-state index in [4.69, 9.17) is 15.2 Å². The van der Waals surface area contributed by atoms with Gasteiger partial charge in [-0.15, -0.1) is 24.0 Å². The highest BCUT2D eigenvalue weighted by atomic mass is 127. The van der Waals surface area contributed by atoms with Gasteiger partial charge < -0.3 is 20.5 Å². The van der Waals surface area contributed by atoms with Crippen molar-refractivity contribution in [2.45, 2.75) is 19.4 Å². The zero-order valence-corrected chi connectivity index (χ0v) is 16.6. The number of hydrogen-bond acceptors (Lipinski definition) is 3. The van der Waals surface area contributed by atoms with Gasteiger partial charge in [0.05, 0.1) is 19.2 Å². The number of hydrogen-bond donors (Lipinski definition) is 2. The monoisotopic (exact) mass is 453 g/mol. The van der Waals surface area contributed by atoms with E-state index >= 15 is 0 Å². The molecule has 2 aromatic carbocycles. The molecule has 1 aliphatic rings. The third kappa shape index (κ3) is 5.52. The minimum absolute atomic E-state index is 0. The molecule has 3 rings (SSSR count). The molecule has 3 N–H and O–H groups in total. The number of nitrogens with zero attached hydrogens (tertiary/aromatic N) is 1. The average Bonchev–Trinajstić information content (AvgIpc) is 2.59. The van der Waals surface area contributed by atoms with Crippen LogP contribution in [0.2, 0.25) is 0 Å². The molecule has 0 bridgehead atoms. The molecule has 0 spiro atoms. The standard InChI is InChI=1S/C19H23N3O2.HI/c1-14-5-4-6-15(13-14)23-12-10-21-19(20)22-17-9-11-24-18-8-3-2-7-16(17)18;/h2-8,13,17H,9-12H2,1H3,(H3,20,21,22);1H. The molecular weight excluding hydrogens is 429 g/mol. The van der Waals surface area contributed by atoms with Crippen molar-refractivity contribution in [2.75, 3.05) is 19.8 Å². The molecule has 0 aromatic heterocycles. The molecule has 0 amide bonds. The highest BCUT2D eigenvalue weighted by Crippen LogP contribution is 2.31. The van der Waals surface area contributed by atoms with Gasteiger partial charge in [-0.25, -0.2) is 4.99 Å². The lowest BCUT2D eigenvalue weighted by molar-refractivity contribution is 0.262. The number of guanidine groups is 1. The summed E-state index contributed by atoms with van der Waals surface area (Å²) in [7, 11) is 0. The highest BCUT2D eigenvalue weighted by molar-refractivity contribution is 14.0. The summed E-state index contributed by atoms with van der Waals surface area (Å²) in [5.41, 5.74) is 8.31. The van der Waals surface area contributed by atoms with Gasteiger partial charge >= 0.3 is 0 Å². The number of halogens is 1. The van der Waals surface area contributed by atoms with Crippen LogP contribution in [0.25, 0.3) is 0 Å². The van der Waals surface area contributed by atoms with Crippen LogP contribution < -0.4 is 20.5 Å². The average molecular weight is 453 g/mol. The van der Waals surface area contributed by atoms with Gasteiger partial charge in [0.25, 0.3) is 0 Å². The van der Waals surface area contributed by atoms with Crippen LogP contribution in [0.4, 0.5) is 0 Å². The molecule has 0 saturated carbocycles. The van der Waals surface area contributed by atoms with Gasteiger partial charge in [0.2, 0.25) is 0 Å². The van der Waals surface area contributed by atoms with E-state index in [-0.39, 0.29) is 30.0 Å². The number of fused-ring (bicyclic) bond motifs is 1. The zero-order valence-electron chi connectivity index (χ0n) is 14.3. The van der Waals surface area contributed by atoms with Crippen LogP contribution in [0.1, 0.15) is 23.6 Å².